The van der Waals surface area contributed by atoms with Gasteiger partial charge in [0.1, 0.15) is 0 Å². The van der Waals surface area contributed by atoms with Gasteiger partial charge in [-0.3, -0.25) is 0 Å². The van der Waals surface area contributed by atoms with Gasteiger partial charge in [0.2, 0.25) is 0 Å². The molecule has 2 fully saturated rings. The Bertz CT molecular complexity index is 215. The van der Waals surface area contributed by atoms with Crippen LogP contribution in [0.4, 0.5) is 0 Å². The monoisotopic (exact) mass is 193 g/mol. The van der Waals surface area contributed by atoms with Crippen LogP contribution >= 0.6 is 0 Å². The molecule has 0 aromatic heterocycles. The Kier molecular flexibility index (Phi) is 3.27. The average molecular weight is 193 g/mol. The fourth-order valence-electron chi connectivity index (χ4n) is 2.67. The van der Waals surface area contributed by atoms with Crippen molar-refractivity contribution in [3.63, 3.8) is 0 Å². The summed E-state index contributed by atoms with van der Waals surface area (Å²) < 4.78 is 0. The van der Waals surface area contributed by atoms with Gasteiger partial charge in [0.05, 0.1) is 0 Å². The summed E-state index contributed by atoms with van der Waals surface area (Å²) in [5, 5.41) is 3.50. The van der Waals surface area contributed by atoms with Crippen molar-refractivity contribution in [1.82, 2.24) is 5.32 Å². The molecule has 2 aliphatic rings. The van der Waals surface area contributed by atoms with Gasteiger partial charge < -0.3 is 5.32 Å². The van der Waals surface area contributed by atoms with E-state index in [2.05, 4.69) is 25.2 Å². The molecule has 1 N–H and O–H groups in total. The maximum Gasteiger partial charge on any atom is 0.00760 e. The zero-order valence-corrected chi connectivity index (χ0v) is 9.55. The molecule has 0 bridgehead atoms. The van der Waals surface area contributed by atoms with Crippen LogP contribution in [0.25, 0.3) is 0 Å². The molecule has 1 aliphatic heterocycles. The average Bonchev–Trinajstić information content (AvgIpc) is 1.99. The third-order valence-corrected chi connectivity index (χ3v) is 3.90. The molecular formula is C13H23N. The highest BCUT2D eigenvalue weighted by atomic mass is 14.9. The molecule has 1 nitrogen and oxygen atoms in total. The topological polar surface area (TPSA) is 12.0 Å². The predicted octanol–water partition coefficient (Wildman–Crippen LogP) is 3.12. The molecule has 2 unspecified atom stereocenters. The van der Waals surface area contributed by atoms with Gasteiger partial charge >= 0.3 is 0 Å². The Morgan fingerprint density at radius 1 is 1.43 bits per heavy atom. The van der Waals surface area contributed by atoms with Crippen molar-refractivity contribution in [2.24, 2.45) is 11.8 Å². The lowest BCUT2D eigenvalue weighted by molar-refractivity contribution is 0.253. The molecule has 14 heavy (non-hydrogen) atoms. The van der Waals surface area contributed by atoms with Crippen LogP contribution < -0.4 is 5.32 Å². The van der Waals surface area contributed by atoms with Crippen LogP contribution in [0.1, 0.15) is 46.0 Å². The van der Waals surface area contributed by atoms with E-state index in [1.165, 1.54) is 38.6 Å². The zero-order chi connectivity index (χ0) is 9.97. The van der Waals surface area contributed by atoms with Crippen LogP contribution in [0, 0.1) is 11.8 Å². The first-order valence-electron chi connectivity index (χ1n) is 6.18. The standard InChI is InChI=1S/C13H23N/c1-10(13-4-3-5-13)8-12-6-7-14-11(2)9-12/h8,10-11,13-14H,3-7,9H2,1-2H3/b12-8-. The van der Waals surface area contributed by atoms with Gasteiger partial charge in [-0.2, -0.15) is 0 Å². The molecule has 0 spiro atoms. The van der Waals surface area contributed by atoms with Crippen LogP contribution in [-0.4, -0.2) is 12.6 Å². The summed E-state index contributed by atoms with van der Waals surface area (Å²) in [5.74, 6) is 1.84. The van der Waals surface area contributed by atoms with Gasteiger partial charge in [0, 0.05) is 6.04 Å². The Balaban J connectivity index is 1.88. The minimum absolute atomic E-state index is 0.698. The van der Waals surface area contributed by atoms with Crippen molar-refractivity contribution < 1.29 is 0 Å². The van der Waals surface area contributed by atoms with E-state index in [-0.39, 0.29) is 0 Å². The van der Waals surface area contributed by atoms with E-state index in [0.29, 0.717) is 6.04 Å². The van der Waals surface area contributed by atoms with Gasteiger partial charge in [-0.15, -0.1) is 0 Å². The number of hydrogen-bond donors (Lipinski definition) is 1. The lowest BCUT2D eigenvalue weighted by Crippen LogP contribution is -2.32. The maximum absolute atomic E-state index is 3.50. The van der Waals surface area contributed by atoms with E-state index >= 15 is 0 Å². The van der Waals surface area contributed by atoms with E-state index in [0.717, 1.165) is 11.8 Å². The fraction of sp³-hybridized carbons (Fsp3) is 0.846. The van der Waals surface area contributed by atoms with Gasteiger partial charge in [0.15, 0.2) is 0 Å². The number of allylic oxidation sites excluding steroid dienone is 1. The Morgan fingerprint density at radius 2 is 2.21 bits per heavy atom. The molecule has 1 saturated carbocycles. The molecule has 1 saturated heterocycles. The zero-order valence-electron chi connectivity index (χ0n) is 9.55. The van der Waals surface area contributed by atoms with Crippen molar-refractivity contribution in [2.75, 3.05) is 6.54 Å². The molecular weight excluding hydrogens is 170 g/mol. The Labute approximate surface area is 88.0 Å². The summed E-state index contributed by atoms with van der Waals surface area (Å²) >= 11 is 0. The van der Waals surface area contributed by atoms with Gasteiger partial charge in [-0.25, -0.2) is 0 Å². The van der Waals surface area contributed by atoms with Crippen molar-refractivity contribution in [2.45, 2.75) is 52.0 Å². The van der Waals surface area contributed by atoms with Crippen LogP contribution in [-0.2, 0) is 0 Å². The van der Waals surface area contributed by atoms with Gasteiger partial charge in [-0.05, 0) is 51.0 Å². The lowest BCUT2D eigenvalue weighted by atomic mass is 9.75. The summed E-state index contributed by atoms with van der Waals surface area (Å²) in [6, 6.07) is 0.698. The highest BCUT2D eigenvalue weighted by molar-refractivity contribution is 5.10. The molecule has 2 atom stereocenters. The third kappa shape index (κ3) is 2.38. The lowest BCUT2D eigenvalue weighted by Gasteiger charge is -2.31. The normalized spacial score (nSPS) is 34.1. The minimum atomic E-state index is 0.698. The van der Waals surface area contributed by atoms with Gasteiger partial charge in [-0.1, -0.05) is 25.0 Å². The first-order chi connectivity index (χ1) is 6.75. The number of hydrogen-bond acceptors (Lipinski definition) is 1. The molecule has 2 rings (SSSR count). The second-order valence-electron chi connectivity index (χ2n) is 5.18. The van der Waals surface area contributed by atoms with E-state index in [1.54, 1.807) is 5.57 Å². The predicted molar refractivity (Wildman–Crippen MR) is 61.3 cm³/mol. The first kappa shape index (κ1) is 10.2. The van der Waals surface area contributed by atoms with Crippen LogP contribution in [0.3, 0.4) is 0 Å². The van der Waals surface area contributed by atoms with Crippen LogP contribution in [0.15, 0.2) is 11.6 Å². The molecule has 0 radical (unpaired) electrons. The molecule has 0 aromatic carbocycles. The molecule has 1 aliphatic carbocycles. The van der Waals surface area contributed by atoms with Crippen molar-refractivity contribution >= 4 is 0 Å². The molecule has 1 heterocycles. The molecule has 0 amide bonds. The highest BCUT2D eigenvalue weighted by Gasteiger charge is 2.23. The Morgan fingerprint density at radius 3 is 2.79 bits per heavy atom. The minimum Gasteiger partial charge on any atom is -0.314 e. The van der Waals surface area contributed by atoms with Crippen molar-refractivity contribution in [3.05, 3.63) is 11.6 Å². The number of piperidine rings is 1. The summed E-state index contributed by atoms with van der Waals surface area (Å²) in [7, 11) is 0. The largest absolute Gasteiger partial charge is 0.314 e. The number of nitrogens with one attached hydrogen (secondary N) is 1. The molecule has 0 aromatic rings. The van der Waals surface area contributed by atoms with Crippen LogP contribution in [0.2, 0.25) is 0 Å². The number of rotatable bonds is 2. The second-order valence-corrected chi connectivity index (χ2v) is 5.18. The SMILES string of the molecule is CC1C/C(=C\C(C)C2CCC2)CCN1. The Hall–Kier alpha value is -0.300. The molecule has 80 valence electrons. The fourth-order valence-corrected chi connectivity index (χ4v) is 2.67. The summed E-state index contributed by atoms with van der Waals surface area (Å²) in [5.41, 5.74) is 1.70. The van der Waals surface area contributed by atoms with Crippen molar-refractivity contribution in [1.29, 1.82) is 0 Å². The highest BCUT2D eigenvalue weighted by Crippen LogP contribution is 2.35. The maximum atomic E-state index is 3.50. The summed E-state index contributed by atoms with van der Waals surface area (Å²) in [6.07, 6.45) is 9.53. The summed E-state index contributed by atoms with van der Waals surface area (Å²) in [4.78, 5) is 0. The third-order valence-electron chi connectivity index (χ3n) is 3.90. The van der Waals surface area contributed by atoms with Gasteiger partial charge in [0.25, 0.3) is 0 Å². The van der Waals surface area contributed by atoms with Crippen molar-refractivity contribution in [3.8, 4) is 0 Å². The van der Waals surface area contributed by atoms with E-state index < -0.39 is 0 Å². The summed E-state index contributed by atoms with van der Waals surface area (Å²) in [6.45, 7) is 5.88. The molecule has 1 heteroatoms. The van der Waals surface area contributed by atoms with E-state index in [1.807, 2.05) is 0 Å². The van der Waals surface area contributed by atoms with E-state index in [4.69, 9.17) is 0 Å². The quantitative estimate of drug-likeness (QED) is 0.664. The first-order valence-corrected chi connectivity index (χ1v) is 6.18. The van der Waals surface area contributed by atoms with E-state index in [9.17, 15) is 0 Å². The smallest absolute Gasteiger partial charge is 0.00760 e. The second kappa shape index (κ2) is 4.48. The van der Waals surface area contributed by atoms with Crippen LogP contribution in [0.5, 0.6) is 0 Å².